The van der Waals surface area contributed by atoms with Crippen LogP contribution in [0, 0.1) is 0 Å². The van der Waals surface area contributed by atoms with Crippen molar-refractivity contribution in [3.05, 3.63) is 0 Å². The van der Waals surface area contributed by atoms with Gasteiger partial charge in [0.25, 0.3) is 0 Å². The van der Waals surface area contributed by atoms with Crippen LogP contribution in [-0.4, -0.2) is 41.8 Å². The number of carbonyl (C=O) groups is 2. The van der Waals surface area contributed by atoms with Crippen LogP contribution in [0.2, 0.25) is 0 Å². The highest BCUT2D eigenvalue weighted by atomic mass is 16.2. The SMILES string of the molecule is CCC(CC)NC(=O)CN1CCCC1CC(C)=O. The third kappa shape index (κ3) is 4.77. The molecule has 0 bridgehead atoms. The predicted molar refractivity (Wildman–Crippen MR) is 72.4 cm³/mol. The zero-order valence-electron chi connectivity index (χ0n) is 11.9. The van der Waals surface area contributed by atoms with Crippen LogP contribution in [0.3, 0.4) is 0 Å². The van der Waals surface area contributed by atoms with Crippen molar-refractivity contribution in [2.24, 2.45) is 0 Å². The number of carbonyl (C=O) groups excluding carboxylic acids is 2. The molecule has 1 unspecified atom stereocenters. The molecule has 1 aliphatic heterocycles. The molecule has 4 nitrogen and oxygen atoms in total. The van der Waals surface area contributed by atoms with Crippen LogP contribution in [0.15, 0.2) is 0 Å². The molecule has 4 heteroatoms. The molecule has 1 N–H and O–H groups in total. The third-order valence-electron chi connectivity index (χ3n) is 3.72. The lowest BCUT2D eigenvalue weighted by Crippen LogP contribution is -2.43. The van der Waals surface area contributed by atoms with Gasteiger partial charge < -0.3 is 5.32 Å². The molecule has 0 radical (unpaired) electrons. The first kappa shape index (κ1) is 15.2. The van der Waals surface area contributed by atoms with E-state index in [4.69, 9.17) is 0 Å². The van der Waals surface area contributed by atoms with Crippen LogP contribution in [-0.2, 0) is 9.59 Å². The van der Waals surface area contributed by atoms with Gasteiger partial charge in [0.15, 0.2) is 0 Å². The summed E-state index contributed by atoms with van der Waals surface area (Å²) in [7, 11) is 0. The van der Waals surface area contributed by atoms with E-state index >= 15 is 0 Å². The highest BCUT2D eigenvalue weighted by Gasteiger charge is 2.27. The molecule has 1 fully saturated rings. The second-order valence-electron chi connectivity index (χ2n) is 5.25. The Morgan fingerprint density at radius 2 is 2.00 bits per heavy atom. The summed E-state index contributed by atoms with van der Waals surface area (Å²) in [5.74, 6) is 0.312. The molecule has 0 spiro atoms. The van der Waals surface area contributed by atoms with E-state index in [1.807, 2.05) is 0 Å². The summed E-state index contributed by atoms with van der Waals surface area (Å²) in [6, 6.07) is 0.557. The Bertz CT molecular complexity index is 288. The van der Waals surface area contributed by atoms with Gasteiger partial charge in [0.05, 0.1) is 6.54 Å². The number of nitrogens with one attached hydrogen (secondary N) is 1. The first-order chi connectivity index (χ1) is 8.56. The highest BCUT2D eigenvalue weighted by Crippen LogP contribution is 2.19. The summed E-state index contributed by atoms with van der Waals surface area (Å²) in [5.41, 5.74) is 0. The predicted octanol–water partition coefficient (Wildman–Crippen LogP) is 1.73. The smallest absolute Gasteiger partial charge is 0.234 e. The number of rotatable bonds is 7. The van der Waals surface area contributed by atoms with Crippen LogP contribution in [0.25, 0.3) is 0 Å². The minimum absolute atomic E-state index is 0.0964. The Kier molecular flexibility index (Phi) is 6.33. The van der Waals surface area contributed by atoms with E-state index in [-0.39, 0.29) is 23.8 Å². The van der Waals surface area contributed by atoms with Crippen molar-refractivity contribution in [1.82, 2.24) is 10.2 Å². The van der Waals surface area contributed by atoms with E-state index in [9.17, 15) is 9.59 Å². The highest BCUT2D eigenvalue weighted by molar-refractivity contribution is 5.79. The van der Waals surface area contributed by atoms with E-state index in [1.165, 1.54) is 0 Å². The van der Waals surface area contributed by atoms with Gasteiger partial charge in [-0.2, -0.15) is 0 Å². The number of ketones is 1. The normalized spacial score (nSPS) is 20.3. The molecule has 0 saturated carbocycles. The molecule has 1 saturated heterocycles. The van der Waals surface area contributed by atoms with Gasteiger partial charge in [-0.05, 0) is 39.2 Å². The summed E-state index contributed by atoms with van der Waals surface area (Å²) in [6.07, 6.45) is 4.66. The standard InChI is InChI=1S/C14H26N2O2/c1-4-12(5-2)15-14(18)10-16-8-6-7-13(16)9-11(3)17/h12-13H,4-10H2,1-3H3,(H,15,18). The summed E-state index contributed by atoms with van der Waals surface area (Å²) >= 11 is 0. The lowest BCUT2D eigenvalue weighted by Gasteiger charge is -2.24. The van der Waals surface area contributed by atoms with Crippen molar-refractivity contribution in [2.75, 3.05) is 13.1 Å². The van der Waals surface area contributed by atoms with E-state index in [1.54, 1.807) is 6.92 Å². The first-order valence-electron chi connectivity index (χ1n) is 7.09. The minimum atomic E-state index is 0.0964. The fourth-order valence-electron chi connectivity index (χ4n) is 2.62. The molecule has 1 aliphatic rings. The zero-order valence-corrected chi connectivity index (χ0v) is 11.9. The van der Waals surface area contributed by atoms with Crippen molar-refractivity contribution in [3.63, 3.8) is 0 Å². The van der Waals surface area contributed by atoms with Gasteiger partial charge in [-0.25, -0.2) is 0 Å². The third-order valence-corrected chi connectivity index (χ3v) is 3.72. The number of amides is 1. The van der Waals surface area contributed by atoms with Crippen molar-refractivity contribution in [2.45, 2.75) is 65.0 Å². The fourth-order valence-corrected chi connectivity index (χ4v) is 2.62. The molecule has 1 rings (SSSR count). The molecule has 104 valence electrons. The topological polar surface area (TPSA) is 49.4 Å². The van der Waals surface area contributed by atoms with Crippen molar-refractivity contribution < 1.29 is 9.59 Å². The Morgan fingerprint density at radius 3 is 2.56 bits per heavy atom. The molecular formula is C14H26N2O2. The molecule has 0 aromatic carbocycles. The van der Waals surface area contributed by atoms with Crippen LogP contribution >= 0.6 is 0 Å². The molecule has 1 atom stereocenters. The largest absolute Gasteiger partial charge is 0.352 e. The Morgan fingerprint density at radius 1 is 1.33 bits per heavy atom. The van der Waals surface area contributed by atoms with Crippen molar-refractivity contribution in [1.29, 1.82) is 0 Å². The number of hydrogen-bond acceptors (Lipinski definition) is 3. The van der Waals surface area contributed by atoms with Gasteiger partial charge in [-0.3, -0.25) is 14.5 Å². The number of likely N-dealkylation sites (tertiary alicyclic amines) is 1. The minimum Gasteiger partial charge on any atom is -0.352 e. The van der Waals surface area contributed by atoms with Gasteiger partial charge in [-0.15, -0.1) is 0 Å². The van der Waals surface area contributed by atoms with Gasteiger partial charge in [0, 0.05) is 18.5 Å². The summed E-state index contributed by atoms with van der Waals surface area (Å²) in [5, 5.41) is 3.05. The number of Topliss-reactive ketones (excluding diaryl/α,β-unsaturated/α-hetero) is 1. The Balaban J connectivity index is 2.40. The van der Waals surface area contributed by atoms with E-state index in [0.29, 0.717) is 13.0 Å². The second kappa shape index (κ2) is 7.52. The molecule has 18 heavy (non-hydrogen) atoms. The Hall–Kier alpha value is -0.900. The summed E-state index contributed by atoms with van der Waals surface area (Å²) in [6.45, 7) is 7.18. The molecule has 0 aromatic rings. The van der Waals surface area contributed by atoms with E-state index < -0.39 is 0 Å². The summed E-state index contributed by atoms with van der Waals surface area (Å²) in [4.78, 5) is 25.2. The lowest BCUT2D eigenvalue weighted by atomic mass is 10.1. The Labute approximate surface area is 110 Å². The fraction of sp³-hybridized carbons (Fsp3) is 0.857. The van der Waals surface area contributed by atoms with Crippen LogP contribution in [0.1, 0.15) is 52.9 Å². The van der Waals surface area contributed by atoms with Gasteiger partial charge in [-0.1, -0.05) is 13.8 Å². The molecule has 1 amide bonds. The first-order valence-corrected chi connectivity index (χ1v) is 7.09. The molecule has 1 heterocycles. The quantitative estimate of drug-likeness (QED) is 0.753. The van der Waals surface area contributed by atoms with E-state index in [2.05, 4.69) is 24.1 Å². The number of hydrogen-bond donors (Lipinski definition) is 1. The average molecular weight is 254 g/mol. The maximum Gasteiger partial charge on any atom is 0.234 e. The van der Waals surface area contributed by atoms with Crippen LogP contribution < -0.4 is 5.32 Å². The van der Waals surface area contributed by atoms with Gasteiger partial charge >= 0.3 is 0 Å². The zero-order chi connectivity index (χ0) is 13.5. The van der Waals surface area contributed by atoms with Gasteiger partial charge in [0.1, 0.15) is 5.78 Å². The van der Waals surface area contributed by atoms with Gasteiger partial charge in [0.2, 0.25) is 5.91 Å². The van der Waals surface area contributed by atoms with Crippen LogP contribution in [0.4, 0.5) is 0 Å². The lowest BCUT2D eigenvalue weighted by molar-refractivity contribution is -0.124. The summed E-state index contributed by atoms with van der Waals surface area (Å²) < 4.78 is 0. The average Bonchev–Trinajstić information content (AvgIpc) is 2.72. The van der Waals surface area contributed by atoms with Crippen molar-refractivity contribution in [3.8, 4) is 0 Å². The monoisotopic (exact) mass is 254 g/mol. The van der Waals surface area contributed by atoms with Crippen LogP contribution in [0.5, 0.6) is 0 Å². The maximum atomic E-state index is 11.9. The maximum absolute atomic E-state index is 11.9. The van der Waals surface area contributed by atoms with E-state index in [0.717, 1.165) is 32.2 Å². The second-order valence-corrected chi connectivity index (χ2v) is 5.25. The van der Waals surface area contributed by atoms with Crippen molar-refractivity contribution >= 4 is 11.7 Å². The molecular weight excluding hydrogens is 228 g/mol. The molecule has 0 aliphatic carbocycles. The molecule has 0 aromatic heterocycles. The number of nitrogens with zero attached hydrogens (tertiary/aromatic N) is 1.